The van der Waals surface area contributed by atoms with Crippen LogP contribution in [0.3, 0.4) is 0 Å². The second-order valence-electron chi connectivity index (χ2n) is 4.82. The van der Waals surface area contributed by atoms with Crippen LogP contribution in [0.2, 0.25) is 0 Å². The number of guanidine groups is 1. The lowest BCUT2D eigenvalue weighted by Crippen LogP contribution is -2.51. The van der Waals surface area contributed by atoms with Crippen LogP contribution in [0.25, 0.3) is 0 Å². The van der Waals surface area contributed by atoms with Gasteiger partial charge in [-0.1, -0.05) is 13.0 Å². The molecule has 2 unspecified atom stereocenters. The number of rotatable bonds is 3. The first-order valence-electron chi connectivity index (χ1n) is 6.09. The van der Waals surface area contributed by atoms with Crippen LogP contribution in [0.4, 0.5) is 0 Å². The lowest BCUT2D eigenvalue weighted by Gasteiger charge is -2.40. The highest BCUT2D eigenvalue weighted by atomic mass is 15.4. The number of aromatic nitrogens is 1. The van der Waals surface area contributed by atoms with Crippen LogP contribution in [0.1, 0.15) is 32.8 Å². The highest BCUT2D eigenvalue weighted by molar-refractivity contribution is 5.81. The molecule has 1 aliphatic heterocycles. The Kier molecular flexibility index (Phi) is 3.05. The summed E-state index contributed by atoms with van der Waals surface area (Å²) in [5.41, 5.74) is 7.04. The van der Waals surface area contributed by atoms with E-state index in [4.69, 9.17) is 5.73 Å². The van der Waals surface area contributed by atoms with Crippen molar-refractivity contribution in [1.29, 1.82) is 0 Å². The molecule has 2 heterocycles. The van der Waals surface area contributed by atoms with E-state index in [1.54, 1.807) is 6.20 Å². The fraction of sp³-hybridized carbons (Fsp3) is 0.538. The third kappa shape index (κ3) is 1.88. The van der Waals surface area contributed by atoms with Crippen molar-refractivity contribution in [3.63, 3.8) is 0 Å². The second kappa shape index (κ2) is 4.35. The molecule has 2 atom stereocenters. The second-order valence-corrected chi connectivity index (χ2v) is 4.82. The van der Waals surface area contributed by atoms with Crippen molar-refractivity contribution < 1.29 is 0 Å². The first kappa shape index (κ1) is 11.9. The highest BCUT2D eigenvalue weighted by Crippen LogP contribution is 2.34. The quantitative estimate of drug-likeness (QED) is 0.863. The average molecular weight is 232 g/mol. The number of nitrogens with zero attached hydrogens (tertiary/aromatic N) is 3. The number of nitrogens with two attached hydrogens (primary N) is 1. The predicted molar refractivity (Wildman–Crippen MR) is 69.7 cm³/mol. The van der Waals surface area contributed by atoms with Gasteiger partial charge in [-0.15, -0.1) is 0 Å². The van der Waals surface area contributed by atoms with Crippen molar-refractivity contribution in [2.45, 2.75) is 38.8 Å². The van der Waals surface area contributed by atoms with E-state index in [1.807, 2.05) is 12.3 Å². The summed E-state index contributed by atoms with van der Waals surface area (Å²) in [6.07, 6.45) is 4.75. The molecular formula is C13H20N4. The molecular weight excluding hydrogens is 212 g/mol. The van der Waals surface area contributed by atoms with E-state index in [1.165, 1.54) is 5.56 Å². The van der Waals surface area contributed by atoms with Crippen LogP contribution < -0.4 is 5.73 Å². The molecule has 0 aromatic carbocycles. The van der Waals surface area contributed by atoms with Gasteiger partial charge in [-0.25, -0.2) is 0 Å². The minimum absolute atomic E-state index is 0.159. The van der Waals surface area contributed by atoms with Crippen LogP contribution in [0, 0.1) is 0 Å². The van der Waals surface area contributed by atoms with Gasteiger partial charge in [0.15, 0.2) is 5.96 Å². The number of aliphatic imine (C=N–C) groups is 1. The third-order valence-electron chi connectivity index (χ3n) is 3.64. The van der Waals surface area contributed by atoms with E-state index in [0.29, 0.717) is 18.5 Å². The first-order chi connectivity index (χ1) is 8.09. The van der Waals surface area contributed by atoms with E-state index in [0.717, 1.165) is 6.42 Å². The normalized spacial score (nSPS) is 25.8. The van der Waals surface area contributed by atoms with Crippen LogP contribution in [0.5, 0.6) is 0 Å². The Morgan fingerprint density at radius 2 is 2.35 bits per heavy atom. The molecule has 2 N–H and O–H groups in total. The molecule has 0 amide bonds. The lowest BCUT2D eigenvalue weighted by atomic mass is 9.91. The number of pyridine rings is 1. The van der Waals surface area contributed by atoms with Crippen molar-refractivity contribution in [1.82, 2.24) is 9.88 Å². The molecule has 0 fully saturated rings. The van der Waals surface area contributed by atoms with E-state index >= 15 is 0 Å². The largest absolute Gasteiger partial charge is 0.370 e. The Labute approximate surface area is 103 Å². The smallest absolute Gasteiger partial charge is 0.192 e. The molecule has 1 aliphatic rings. The minimum atomic E-state index is -0.159. The van der Waals surface area contributed by atoms with E-state index in [-0.39, 0.29) is 5.54 Å². The van der Waals surface area contributed by atoms with Crippen molar-refractivity contribution in [3.05, 3.63) is 30.1 Å². The molecule has 0 aliphatic carbocycles. The molecule has 17 heavy (non-hydrogen) atoms. The maximum atomic E-state index is 6.02. The Morgan fingerprint density at radius 3 is 2.94 bits per heavy atom. The third-order valence-corrected chi connectivity index (χ3v) is 3.64. The fourth-order valence-electron chi connectivity index (χ4n) is 2.45. The van der Waals surface area contributed by atoms with Crippen LogP contribution >= 0.6 is 0 Å². The predicted octanol–water partition coefficient (Wildman–Crippen LogP) is 1.73. The molecule has 0 bridgehead atoms. The Morgan fingerprint density at radius 1 is 1.59 bits per heavy atom. The summed E-state index contributed by atoms with van der Waals surface area (Å²) < 4.78 is 0. The number of hydrogen-bond donors (Lipinski definition) is 1. The number of hydrogen-bond acceptors (Lipinski definition) is 4. The molecule has 4 nitrogen and oxygen atoms in total. The van der Waals surface area contributed by atoms with Crippen LogP contribution in [0.15, 0.2) is 29.5 Å². The van der Waals surface area contributed by atoms with Gasteiger partial charge in [-0.05, 0) is 31.9 Å². The molecule has 0 spiro atoms. The monoisotopic (exact) mass is 232 g/mol. The van der Waals surface area contributed by atoms with Crippen LogP contribution in [-0.4, -0.2) is 28.4 Å². The molecule has 4 heteroatoms. The molecule has 1 aromatic heterocycles. The zero-order valence-electron chi connectivity index (χ0n) is 10.7. The van der Waals surface area contributed by atoms with Gasteiger partial charge < -0.3 is 10.6 Å². The van der Waals surface area contributed by atoms with Gasteiger partial charge in [-0.2, -0.15) is 0 Å². The highest BCUT2D eigenvalue weighted by Gasteiger charge is 2.41. The van der Waals surface area contributed by atoms with E-state index < -0.39 is 0 Å². The molecule has 1 aromatic rings. The van der Waals surface area contributed by atoms with E-state index in [2.05, 4.69) is 41.7 Å². The maximum Gasteiger partial charge on any atom is 0.192 e. The summed E-state index contributed by atoms with van der Waals surface area (Å²) in [5.74, 6) is 0.644. The lowest BCUT2D eigenvalue weighted by molar-refractivity contribution is 0.171. The zero-order valence-corrected chi connectivity index (χ0v) is 10.7. The summed E-state index contributed by atoms with van der Waals surface area (Å²) in [4.78, 5) is 10.8. The molecule has 2 rings (SSSR count). The summed E-state index contributed by atoms with van der Waals surface area (Å²) in [5, 5.41) is 0. The summed E-state index contributed by atoms with van der Waals surface area (Å²) in [6, 6.07) is 4.44. The van der Waals surface area contributed by atoms with Crippen molar-refractivity contribution in [2.24, 2.45) is 10.7 Å². The SMILES string of the molecule is CCC(C)N1C(N)=NCC1(C)c1cccnc1. The van der Waals surface area contributed by atoms with Crippen molar-refractivity contribution in [3.8, 4) is 0 Å². The van der Waals surface area contributed by atoms with Gasteiger partial charge in [0.2, 0.25) is 0 Å². The standard InChI is InChI=1S/C13H20N4/c1-4-10(2)17-12(14)16-9-13(17,3)11-6-5-7-15-8-11/h5-8,10H,4,9H2,1-3H3,(H2,14,16). The van der Waals surface area contributed by atoms with E-state index in [9.17, 15) is 0 Å². The van der Waals surface area contributed by atoms with Gasteiger partial charge in [0, 0.05) is 18.4 Å². The van der Waals surface area contributed by atoms with Gasteiger partial charge in [0.05, 0.1) is 12.1 Å². The molecule has 0 saturated heterocycles. The van der Waals surface area contributed by atoms with Gasteiger partial charge in [-0.3, -0.25) is 9.98 Å². The Hall–Kier alpha value is -1.58. The zero-order chi connectivity index (χ0) is 12.5. The summed E-state index contributed by atoms with van der Waals surface area (Å²) in [6.45, 7) is 7.23. The molecule has 0 saturated carbocycles. The topological polar surface area (TPSA) is 54.5 Å². The first-order valence-corrected chi connectivity index (χ1v) is 6.09. The summed E-state index contributed by atoms with van der Waals surface area (Å²) >= 11 is 0. The Bertz CT molecular complexity index is 415. The maximum absolute atomic E-state index is 6.02. The Balaban J connectivity index is 2.38. The van der Waals surface area contributed by atoms with Gasteiger partial charge in [0.25, 0.3) is 0 Å². The summed E-state index contributed by atoms with van der Waals surface area (Å²) in [7, 11) is 0. The van der Waals surface area contributed by atoms with Crippen LogP contribution in [-0.2, 0) is 5.54 Å². The minimum Gasteiger partial charge on any atom is -0.370 e. The fourth-order valence-corrected chi connectivity index (χ4v) is 2.45. The average Bonchev–Trinajstić information content (AvgIpc) is 2.67. The van der Waals surface area contributed by atoms with Crippen molar-refractivity contribution >= 4 is 5.96 Å². The molecule has 0 radical (unpaired) electrons. The molecule has 92 valence electrons. The van der Waals surface area contributed by atoms with Crippen molar-refractivity contribution in [2.75, 3.05) is 6.54 Å². The van der Waals surface area contributed by atoms with Gasteiger partial charge >= 0.3 is 0 Å². The van der Waals surface area contributed by atoms with Gasteiger partial charge in [0.1, 0.15) is 0 Å².